The molecule has 0 aliphatic rings. The fraction of sp³-hybridized carbons (Fsp3) is 0.389. The highest BCUT2D eigenvalue weighted by molar-refractivity contribution is 5.79. The highest BCUT2D eigenvalue weighted by atomic mass is 16.3. The van der Waals surface area contributed by atoms with E-state index in [-0.39, 0.29) is 0 Å². The first kappa shape index (κ1) is 16.1. The lowest BCUT2D eigenvalue weighted by atomic mass is 10.1. The molecule has 0 aliphatic heterocycles. The second-order valence-corrected chi connectivity index (χ2v) is 5.11. The molecule has 1 aromatic carbocycles. The number of aliphatic imine (C=N–C) groups is 1. The number of benzene rings is 1. The average Bonchev–Trinajstić information content (AvgIpc) is 3.06. The molecule has 0 atom stereocenters. The zero-order valence-corrected chi connectivity index (χ0v) is 13.2. The second kappa shape index (κ2) is 9.66. The van der Waals surface area contributed by atoms with Gasteiger partial charge >= 0.3 is 0 Å². The van der Waals surface area contributed by atoms with Gasteiger partial charge in [-0.25, -0.2) is 0 Å². The normalized spacial score (nSPS) is 11.4. The number of hydrogen-bond acceptors (Lipinski definition) is 2. The molecule has 0 aliphatic carbocycles. The molecule has 0 spiro atoms. The lowest BCUT2D eigenvalue weighted by Crippen LogP contribution is -2.38. The average molecular weight is 299 g/mol. The van der Waals surface area contributed by atoms with Crippen molar-refractivity contribution in [2.45, 2.75) is 26.2 Å². The maximum absolute atomic E-state index is 5.32. The van der Waals surface area contributed by atoms with Crippen molar-refractivity contribution in [3.63, 3.8) is 0 Å². The summed E-state index contributed by atoms with van der Waals surface area (Å²) in [6.07, 6.45) is 4.69. The molecule has 0 amide bonds. The van der Waals surface area contributed by atoms with Crippen LogP contribution in [0.15, 0.2) is 58.1 Å². The van der Waals surface area contributed by atoms with Crippen molar-refractivity contribution in [2.24, 2.45) is 4.99 Å². The van der Waals surface area contributed by atoms with E-state index in [9.17, 15) is 0 Å². The monoisotopic (exact) mass is 299 g/mol. The Morgan fingerprint density at radius 1 is 1.05 bits per heavy atom. The quantitative estimate of drug-likeness (QED) is 0.447. The van der Waals surface area contributed by atoms with E-state index in [1.54, 1.807) is 6.26 Å². The molecular weight excluding hydrogens is 274 g/mol. The van der Waals surface area contributed by atoms with Crippen molar-refractivity contribution < 1.29 is 4.42 Å². The predicted molar refractivity (Wildman–Crippen MR) is 91.2 cm³/mol. The van der Waals surface area contributed by atoms with Crippen molar-refractivity contribution in [1.82, 2.24) is 10.6 Å². The van der Waals surface area contributed by atoms with Gasteiger partial charge in [0.15, 0.2) is 5.96 Å². The lowest BCUT2D eigenvalue weighted by molar-refractivity contribution is 0.507. The van der Waals surface area contributed by atoms with E-state index >= 15 is 0 Å². The Morgan fingerprint density at radius 2 is 1.91 bits per heavy atom. The molecule has 0 bridgehead atoms. The summed E-state index contributed by atoms with van der Waals surface area (Å²) in [5.74, 6) is 1.87. The Bertz CT molecular complexity index is 535. The fourth-order valence-electron chi connectivity index (χ4n) is 2.22. The van der Waals surface area contributed by atoms with Gasteiger partial charge in [-0.1, -0.05) is 30.3 Å². The van der Waals surface area contributed by atoms with E-state index in [1.165, 1.54) is 5.56 Å². The predicted octanol–water partition coefficient (Wildman–Crippen LogP) is 3.01. The van der Waals surface area contributed by atoms with Crippen LogP contribution < -0.4 is 10.6 Å². The van der Waals surface area contributed by atoms with E-state index in [0.717, 1.165) is 50.6 Å². The third-order valence-electron chi connectivity index (χ3n) is 3.32. The number of nitrogens with zero attached hydrogens (tertiary/aromatic N) is 1. The van der Waals surface area contributed by atoms with Gasteiger partial charge in [-0.15, -0.1) is 0 Å². The Balaban J connectivity index is 1.69. The number of guanidine groups is 1. The molecule has 1 aromatic heterocycles. The molecule has 0 radical (unpaired) electrons. The third kappa shape index (κ3) is 6.04. The van der Waals surface area contributed by atoms with Crippen molar-refractivity contribution >= 4 is 5.96 Å². The van der Waals surface area contributed by atoms with Crippen molar-refractivity contribution in [2.75, 3.05) is 19.6 Å². The number of nitrogens with one attached hydrogen (secondary N) is 2. The number of furan rings is 1. The zero-order valence-electron chi connectivity index (χ0n) is 13.2. The minimum absolute atomic E-state index is 0.817. The molecule has 22 heavy (non-hydrogen) atoms. The van der Waals surface area contributed by atoms with E-state index in [2.05, 4.69) is 46.8 Å². The lowest BCUT2D eigenvalue weighted by Gasteiger charge is -2.10. The van der Waals surface area contributed by atoms with Crippen molar-refractivity contribution in [3.8, 4) is 0 Å². The fourth-order valence-corrected chi connectivity index (χ4v) is 2.22. The van der Waals surface area contributed by atoms with Crippen LogP contribution in [0.1, 0.15) is 24.7 Å². The summed E-state index contributed by atoms with van der Waals surface area (Å²) in [6.45, 7) is 4.59. The first-order valence-corrected chi connectivity index (χ1v) is 7.97. The summed E-state index contributed by atoms with van der Waals surface area (Å²) in [4.78, 5) is 4.61. The summed E-state index contributed by atoms with van der Waals surface area (Å²) in [5.41, 5.74) is 1.37. The van der Waals surface area contributed by atoms with E-state index in [1.807, 2.05) is 18.2 Å². The van der Waals surface area contributed by atoms with Crippen LogP contribution in [-0.4, -0.2) is 25.6 Å². The van der Waals surface area contributed by atoms with Crippen LogP contribution in [-0.2, 0) is 12.8 Å². The summed E-state index contributed by atoms with van der Waals surface area (Å²) in [5, 5.41) is 6.61. The smallest absolute Gasteiger partial charge is 0.191 e. The van der Waals surface area contributed by atoms with Gasteiger partial charge in [-0.2, -0.15) is 0 Å². The third-order valence-corrected chi connectivity index (χ3v) is 3.32. The number of aryl methyl sites for hydroxylation is 1. The highest BCUT2D eigenvalue weighted by Gasteiger charge is 1.99. The molecule has 118 valence electrons. The molecule has 0 fully saturated rings. The van der Waals surface area contributed by atoms with E-state index < -0.39 is 0 Å². The Kier molecular flexibility index (Phi) is 7.09. The molecule has 2 aromatic rings. The van der Waals surface area contributed by atoms with Gasteiger partial charge < -0.3 is 15.1 Å². The summed E-state index contributed by atoms with van der Waals surface area (Å²) >= 11 is 0. The first-order chi connectivity index (χ1) is 10.9. The van der Waals surface area contributed by atoms with Gasteiger partial charge in [0.05, 0.1) is 6.26 Å². The van der Waals surface area contributed by atoms with Crippen molar-refractivity contribution in [3.05, 3.63) is 60.1 Å². The molecule has 4 heteroatoms. The highest BCUT2D eigenvalue weighted by Crippen LogP contribution is 2.02. The van der Waals surface area contributed by atoms with E-state index in [0.29, 0.717) is 0 Å². The Labute approximate surface area is 132 Å². The molecule has 2 rings (SSSR count). The van der Waals surface area contributed by atoms with Crippen molar-refractivity contribution in [1.29, 1.82) is 0 Å². The SMILES string of the molecule is CCNC(=NCCCc1ccccc1)NCCc1ccco1. The van der Waals surface area contributed by atoms with Gasteiger partial charge in [0.25, 0.3) is 0 Å². The molecule has 4 nitrogen and oxygen atoms in total. The van der Waals surface area contributed by atoms with Gasteiger partial charge in [-0.3, -0.25) is 4.99 Å². The minimum atomic E-state index is 0.817. The molecular formula is C18H25N3O. The van der Waals surface area contributed by atoms with Crippen LogP contribution in [0.5, 0.6) is 0 Å². The van der Waals surface area contributed by atoms with Crippen LogP contribution in [0.2, 0.25) is 0 Å². The Hall–Kier alpha value is -2.23. The number of hydrogen-bond donors (Lipinski definition) is 2. The zero-order chi connectivity index (χ0) is 15.5. The molecule has 0 unspecified atom stereocenters. The van der Waals surface area contributed by atoms with Gasteiger partial charge in [0, 0.05) is 26.1 Å². The summed E-state index contributed by atoms with van der Waals surface area (Å²) in [7, 11) is 0. The van der Waals surface area contributed by atoms with Crippen LogP contribution in [0.4, 0.5) is 0 Å². The molecule has 0 saturated heterocycles. The second-order valence-electron chi connectivity index (χ2n) is 5.11. The maximum Gasteiger partial charge on any atom is 0.191 e. The van der Waals surface area contributed by atoms with Crippen LogP contribution in [0.3, 0.4) is 0 Å². The molecule has 2 N–H and O–H groups in total. The van der Waals surface area contributed by atoms with Gasteiger partial charge in [0.2, 0.25) is 0 Å². The van der Waals surface area contributed by atoms with E-state index in [4.69, 9.17) is 4.42 Å². The molecule has 1 heterocycles. The van der Waals surface area contributed by atoms with Gasteiger partial charge in [-0.05, 0) is 37.5 Å². The van der Waals surface area contributed by atoms with Crippen LogP contribution in [0.25, 0.3) is 0 Å². The first-order valence-electron chi connectivity index (χ1n) is 7.97. The maximum atomic E-state index is 5.32. The largest absolute Gasteiger partial charge is 0.469 e. The minimum Gasteiger partial charge on any atom is -0.469 e. The van der Waals surface area contributed by atoms with Crippen LogP contribution >= 0.6 is 0 Å². The van der Waals surface area contributed by atoms with Crippen LogP contribution in [0, 0.1) is 0 Å². The number of rotatable bonds is 8. The standard InChI is InChI=1S/C18H25N3O/c1-2-19-18(21-14-12-17-11-7-15-22-17)20-13-6-10-16-8-4-3-5-9-16/h3-5,7-9,11,15H,2,6,10,12-14H2,1H3,(H2,19,20,21). The molecule has 0 saturated carbocycles. The summed E-state index contributed by atoms with van der Waals surface area (Å²) in [6, 6.07) is 14.4. The Morgan fingerprint density at radius 3 is 2.64 bits per heavy atom. The topological polar surface area (TPSA) is 49.6 Å². The van der Waals surface area contributed by atoms with Gasteiger partial charge in [0.1, 0.15) is 5.76 Å². The summed E-state index contributed by atoms with van der Waals surface area (Å²) < 4.78 is 5.32.